The first-order valence-corrected chi connectivity index (χ1v) is 13.0. The van der Waals surface area contributed by atoms with Gasteiger partial charge in [0.1, 0.15) is 0 Å². The van der Waals surface area contributed by atoms with Crippen molar-refractivity contribution in [3.8, 4) is 0 Å². The molecule has 4 unspecified atom stereocenters. The number of thiol groups is 4. The number of hydrogen-bond acceptors (Lipinski definition) is 8. The zero-order chi connectivity index (χ0) is 15.4. The maximum absolute atomic E-state index is 4.57. The van der Waals surface area contributed by atoms with E-state index in [0.29, 0.717) is 19.7 Å². The van der Waals surface area contributed by atoms with E-state index in [9.17, 15) is 0 Å². The lowest BCUT2D eigenvalue weighted by molar-refractivity contribution is 0.944. The summed E-state index contributed by atoms with van der Waals surface area (Å²) in [5, 5.41) is 1.25. The molecule has 0 radical (unpaired) electrons. The van der Waals surface area contributed by atoms with Crippen molar-refractivity contribution in [1.82, 2.24) is 0 Å². The van der Waals surface area contributed by atoms with Gasteiger partial charge in [-0.15, -0.1) is 23.5 Å². The van der Waals surface area contributed by atoms with Crippen molar-refractivity contribution in [2.75, 3.05) is 34.5 Å². The molecule has 4 atom stereocenters. The van der Waals surface area contributed by atoms with Crippen LogP contribution in [0.25, 0.3) is 0 Å². The molecule has 20 heavy (non-hydrogen) atoms. The van der Waals surface area contributed by atoms with Crippen molar-refractivity contribution in [2.45, 2.75) is 33.5 Å². The lowest BCUT2D eigenvalue weighted by Gasteiger charge is -2.28. The summed E-state index contributed by atoms with van der Waals surface area (Å²) in [6, 6.07) is 0. The third-order valence-electron chi connectivity index (χ3n) is 2.19. The van der Waals surface area contributed by atoms with E-state index < -0.39 is 0 Å². The summed E-state index contributed by atoms with van der Waals surface area (Å²) in [6.45, 7) is 4.33. The van der Waals surface area contributed by atoms with E-state index in [1.807, 2.05) is 47.0 Å². The minimum Gasteiger partial charge on any atom is -0.179 e. The van der Waals surface area contributed by atoms with Crippen LogP contribution < -0.4 is 0 Å². The van der Waals surface area contributed by atoms with E-state index in [4.69, 9.17) is 0 Å². The summed E-state index contributed by atoms with van der Waals surface area (Å²) >= 11 is 25.7. The molecule has 0 saturated carbocycles. The molecular weight excluding hydrogens is 401 g/mol. The largest absolute Gasteiger partial charge is 0.179 e. The van der Waals surface area contributed by atoms with Gasteiger partial charge in [-0.1, -0.05) is 0 Å². The third-order valence-corrected chi connectivity index (χ3v) is 9.22. The van der Waals surface area contributed by atoms with Crippen LogP contribution in [0.1, 0.15) is 13.8 Å². The molecule has 0 aromatic heterocycles. The standard InChI is InChI=1S/C12H26S8/c1-9(15)19-11(7-17-5-3-13)12(20-10(2)16)8-18-6-4-14/h9-16H,3-8H2,1-2H3. The second kappa shape index (κ2) is 15.3. The monoisotopic (exact) mass is 426 g/mol. The zero-order valence-electron chi connectivity index (χ0n) is 12.0. The Bertz CT molecular complexity index is 190. The van der Waals surface area contributed by atoms with E-state index in [-0.39, 0.29) is 0 Å². The van der Waals surface area contributed by atoms with Crippen molar-refractivity contribution >= 4 is 97.6 Å². The van der Waals surface area contributed by atoms with Crippen LogP contribution in [-0.2, 0) is 0 Å². The van der Waals surface area contributed by atoms with Crippen LogP contribution in [-0.4, -0.2) is 54.2 Å². The molecular formula is C12H26S8. The molecule has 0 aliphatic rings. The molecule has 0 rings (SSSR count). The molecule has 0 fully saturated rings. The predicted molar refractivity (Wildman–Crippen MR) is 122 cm³/mol. The molecule has 122 valence electrons. The van der Waals surface area contributed by atoms with Gasteiger partial charge in [0.2, 0.25) is 0 Å². The molecule has 0 heterocycles. The van der Waals surface area contributed by atoms with Crippen molar-refractivity contribution in [3.05, 3.63) is 0 Å². The van der Waals surface area contributed by atoms with E-state index in [1.54, 1.807) is 0 Å². The van der Waals surface area contributed by atoms with Crippen molar-refractivity contribution in [1.29, 1.82) is 0 Å². The van der Waals surface area contributed by atoms with Crippen LogP contribution in [0.5, 0.6) is 0 Å². The Balaban J connectivity index is 4.49. The Morgan fingerprint density at radius 3 is 1.35 bits per heavy atom. The Labute approximate surface area is 164 Å². The Morgan fingerprint density at radius 2 is 1.10 bits per heavy atom. The normalized spacial score (nSPS) is 17.7. The van der Waals surface area contributed by atoms with Crippen LogP contribution in [0.15, 0.2) is 0 Å². The fourth-order valence-corrected chi connectivity index (χ4v) is 8.13. The molecule has 0 nitrogen and oxygen atoms in total. The zero-order valence-corrected chi connectivity index (χ0v) is 18.8. The maximum Gasteiger partial charge on any atom is 0.0447 e. The highest BCUT2D eigenvalue weighted by atomic mass is 32.2. The highest BCUT2D eigenvalue weighted by molar-refractivity contribution is 8.14. The Morgan fingerprint density at radius 1 is 0.750 bits per heavy atom. The van der Waals surface area contributed by atoms with Crippen LogP contribution in [0, 0.1) is 0 Å². The molecule has 0 aromatic rings. The SMILES string of the molecule is CC(S)SC(CSCCS)C(CSCCS)SC(C)S. The second-order valence-electron chi connectivity index (χ2n) is 4.14. The maximum atomic E-state index is 4.57. The number of hydrogen-bond donors (Lipinski definition) is 4. The van der Waals surface area contributed by atoms with Gasteiger partial charge in [-0.3, -0.25) is 0 Å². The van der Waals surface area contributed by atoms with Gasteiger partial charge < -0.3 is 0 Å². The Hall–Kier alpha value is 2.80. The van der Waals surface area contributed by atoms with Crippen LogP contribution in [0.2, 0.25) is 0 Å². The minimum atomic E-state index is 0.379. The van der Waals surface area contributed by atoms with Gasteiger partial charge in [-0.25, -0.2) is 0 Å². The second-order valence-corrected chi connectivity index (χ2v) is 12.8. The van der Waals surface area contributed by atoms with Crippen molar-refractivity contribution in [3.63, 3.8) is 0 Å². The fraction of sp³-hybridized carbons (Fsp3) is 1.00. The van der Waals surface area contributed by atoms with E-state index in [1.165, 1.54) is 11.5 Å². The molecule has 0 spiro atoms. The summed E-state index contributed by atoms with van der Waals surface area (Å²) < 4.78 is 0.759. The first-order chi connectivity index (χ1) is 9.51. The van der Waals surface area contributed by atoms with Crippen LogP contribution >= 0.6 is 97.6 Å². The van der Waals surface area contributed by atoms with Gasteiger partial charge in [0.05, 0.1) is 0 Å². The number of rotatable bonds is 13. The highest BCUT2D eigenvalue weighted by Gasteiger charge is 2.25. The minimum absolute atomic E-state index is 0.379. The molecule has 0 bridgehead atoms. The van der Waals surface area contributed by atoms with Crippen molar-refractivity contribution < 1.29 is 0 Å². The van der Waals surface area contributed by atoms with Gasteiger partial charge in [0.15, 0.2) is 0 Å². The lowest BCUT2D eigenvalue weighted by atomic mass is 10.3. The summed E-state index contributed by atoms with van der Waals surface area (Å²) in [5.41, 5.74) is 0. The number of thioether (sulfide) groups is 4. The fourth-order valence-electron chi connectivity index (χ4n) is 1.50. The van der Waals surface area contributed by atoms with E-state index in [0.717, 1.165) is 23.0 Å². The van der Waals surface area contributed by atoms with Crippen LogP contribution in [0.4, 0.5) is 0 Å². The first-order valence-electron chi connectivity index (χ1n) is 6.55. The van der Waals surface area contributed by atoms with E-state index in [2.05, 4.69) is 64.4 Å². The molecule has 0 aromatic carbocycles. The quantitative estimate of drug-likeness (QED) is 0.184. The average Bonchev–Trinajstić information content (AvgIpc) is 2.36. The predicted octanol–water partition coefficient (Wildman–Crippen LogP) is 5.07. The third kappa shape index (κ3) is 13.3. The van der Waals surface area contributed by atoms with Gasteiger partial charge in [0.25, 0.3) is 0 Å². The highest BCUT2D eigenvalue weighted by Crippen LogP contribution is 2.36. The molecule has 0 saturated heterocycles. The van der Waals surface area contributed by atoms with Gasteiger partial charge >= 0.3 is 0 Å². The van der Waals surface area contributed by atoms with Gasteiger partial charge in [-0.05, 0) is 25.4 Å². The topological polar surface area (TPSA) is 0 Å². The van der Waals surface area contributed by atoms with Gasteiger partial charge in [0, 0.05) is 42.7 Å². The summed E-state index contributed by atoms with van der Waals surface area (Å²) in [6.07, 6.45) is 0. The Kier molecular flexibility index (Phi) is 17.5. The molecule has 0 aliphatic heterocycles. The molecule has 0 amide bonds. The van der Waals surface area contributed by atoms with E-state index >= 15 is 0 Å². The average molecular weight is 427 g/mol. The molecule has 0 N–H and O–H groups in total. The summed E-state index contributed by atoms with van der Waals surface area (Å²) in [7, 11) is 0. The summed E-state index contributed by atoms with van der Waals surface area (Å²) in [4.78, 5) is 0. The smallest absolute Gasteiger partial charge is 0.0447 e. The van der Waals surface area contributed by atoms with Crippen molar-refractivity contribution in [2.24, 2.45) is 0 Å². The first kappa shape index (κ1) is 22.8. The van der Waals surface area contributed by atoms with Gasteiger partial charge in [-0.2, -0.15) is 74.0 Å². The molecule has 8 heteroatoms. The molecule has 0 aliphatic carbocycles. The van der Waals surface area contributed by atoms with Crippen LogP contribution in [0.3, 0.4) is 0 Å². The lowest BCUT2D eigenvalue weighted by Crippen LogP contribution is -2.28. The summed E-state index contributed by atoms with van der Waals surface area (Å²) in [5.74, 6) is 6.50.